The van der Waals surface area contributed by atoms with Crippen molar-refractivity contribution in [2.24, 2.45) is 0 Å². The second kappa shape index (κ2) is 15.6. The Labute approximate surface area is 398 Å². The summed E-state index contributed by atoms with van der Waals surface area (Å²) < 4.78 is 0. The number of rotatable bonds is 8. The summed E-state index contributed by atoms with van der Waals surface area (Å²) in [5.74, 6) is 0. The van der Waals surface area contributed by atoms with Gasteiger partial charge in [-0.3, -0.25) is 0 Å². The second-order valence-electron chi connectivity index (χ2n) is 19.6. The van der Waals surface area contributed by atoms with Crippen LogP contribution in [0, 0.1) is 0 Å². The van der Waals surface area contributed by atoms with Crippen LogP contribution in [0.15, 0.2) is 228 Å². The molecule has 0 bridgehead atoms. The van der Waals surface area contributed by atoms with Crippen LogP contribution in [-0.4, -0.2) is 37.5 Å². The van der Waals surface area contributed by atoms with Crippen molar-refractivity contribution in [1.82, 2.24) is 0 Å². The first-order valence-corrected chi connectivity index (χ1v) is 28.8. The zero-order valence-electron chi connectivity index (χ0n) is 39.0. The minimum Gasteiger partial charge on any atom is -0.309 e. The highest BCUT2D eigenvalue weighted by Crippen LogP contribution is 2.65. The average Bonchev–Trinajstić information content (AvgIpc) is 3.80. The molecular weight excluding hydrogens is 849 g/mol. The summed E-state index contributed by atoms with van der Waals surface area (Å²) in [6.07, 6.45) is 14.4. The van der Waals surface area contributed by atoms with E-state index in [9.17, 15) is 0 Å². The van der Waals surface area contributed by atoms with Crippen molar-refractivity contribution in [3.05, 3.63) is 241 Å². The van der Waals surface area contributed by atoms with Gasteiger partial charge in [0.15, 0.2) is 0 Å². The molecule has 10 aromatic rings. The normalized spacial score (nSPS) is 13.8. The Hall–Kier alpha value is -6.98. The lowest BCUT2D eigenvalue weighted by molar-refractivity contribution is 0.802. The molecule has 0 aliphatic heterocycles. The maximum Gasteiger partial charge on any atom is 0.0731 e. The van der Waals surface area contributed by atoms with Gasteiger partial charge in [0.2, 0.25) is 0 Å². The molecule has 67 heavy (non-hydrogen) atoms. The molecule has 12 rings (SSSR count). The molecule has 10 aromatic carbocycles. The zero-order chi connectivity index (χ0) is 45.7. The van der Waals surface area contributed by atoms with Crippen LogP contribution >= 0.6 is 20.1 Å². The van der Waals surface area contributed by atoms with E-state index in [0.717, 1.165) is 22.7 Å². The molecule has 0 N–H and O–H groups in total. The summed E-state index contributed by atoms with van der Waals surface area (Å²) in [4.78, 5) is 7.72. The predicted molar refractivity (Wildman–Crippen MR) is 294 cm³/mol. The maximum absolute atomic E-state index is 2.54. The SMILES string of the molecule is CS(C)(C)c1ccccc1N(c1ccccc1)c1ccc2cc3c(cc2c1)C1(c2ccccc2-c2ccccc21)c1c-3ccc2cc(N(c3ccccc3)c3ccccc3S(C)(C)C)ccc12. The third kappa shape index (κ3) is 6.48. The Morgan fingerprint density at radius 3 is 1.33 bits per heavy atom. The maximum atomic E-state index is 2.54. The summed E-state index contributed by atoms with van der Waals surface area (Å²) in [5.41, 5.74) is 17.2. The number of nitrogens with zero attached hydrogens (tertiary/aromatic N) is 2. The highest BCUT2D eigenvalue weighted by molar-refractivity contribution is 8.32. The summed E-state index contributed by atoms with van der Waals surface area (Å²) in [6.45, 7) is 0. The number of hydrogen-bond acceptors (Lipinski definition) is 2. The Bertz CT molecular complexity index is 3520. The van der Waals surface area contributed by atoms with Crippen LogP contribution in [0.1, 0.15) is 22.3 Å². The number of benzene rings is 10. The molecule has 0 fully saturated rings. The minimum absolute atomic E-state index is 0.522. The highest BCUT2D eigenvalue weighted by atomic mass is 32.3. The molecule has 0 amide bonds. The van der Waals surface area contributed by atoms with E-state index in [2.05, 4.69) is 266 Å². The largest absolute Gasteiger partial charge is 0.309 e. The van der Waals surface area contributed by atoms with E-state index in [-0.39, 0.29) is 0 Å². The molecule has 0 saturated carbocycles. The molecule has 4 heteroatoms. The Morgan fingerprint density at radius 2 is 0.776 bits per heavy atom. The van der Waals surface area contributed by atoms with Gasteiger partial charge in [0, 0.05) is 32.5 Å². The summed E-state index contributed by atoms with van der Waals surface area (Å²) in [6, 6.07) is 82.2. The molecular formula is C63H54N2S2. The summed E-state index contributed by atoms with van der Waals surface area (Å²) in [5, 5.41) is 4.99. The Kier molecular flexibility index (Phi) is 9.62. The molecule has 0 aromatic heterocycles. The van der Waals surface area contributed by atoms with Gasteiger partial charge in [-0.15, -0.1) is 0 Å². The lowest BCUT2D eigenvalue weighted by Crippen LogP contribution is -2.26. The monoisotopic (exact) mass is 902 g/mol. The van der Waals surface area contributed by atoms with E-state index in [1.807, 2.05) is 0 Å². The molecule has 328 valence electrons. The van der Waals surface area contributed by atoms with Crippen LogP contribution in [-0.2, 0) is 5.41 Å². The highest BCUT2D eigenvalue weighted by Gasteiger charge is 2.52. The molecule has 0 saturated heterocycles. The third-order valence-corrected chi connectivity index (χ3v) is 17.4. The van der Waals surface area contributed by atoms with Crippen molar-refractivity contribution in [3.8, 4) is 22.3 Å². The van der Waals surface area contributed by atoms with Crippen LogP contribution in [0.3, 0.4) is 0 Å². The van der Waals surface area contributed by atoms with E-state index in [0.29, 0.717) is 0 Å². The van der Waals surface area contributed by atoms with Gasteiger partial charge in [0.05, 0.1) is 16.8 Å². The first-order valence-electron chi connectivity index (χ1n) is 23.1. The van der Waals surface area contributed by atoms with Crippen molar-refractivity contribution in [3.63, 3.8) is 0 Å². The second-order valence-corrected chi connectivity index (χ2v) is 27.8. The Morgan fingerprint density at radius 1 is 0.313 bits per heavy atom. The van der Waals surface area contributed by atoms with Crippen molar-refractivity contribution in [2.75, 3.05) is 47.3 Å². The number of para-hydroxylation sites is 4. The lowest BCUT2D eigenvalue weighted by atomic mass is 9.69. The molecule has 2 aliphatic rings. The van der Waals surface area contributed by atoms with Crippen LogP contribution in [0.25, 0.3) is 43.8 Å². The van der Waals surface area contributed by atoms with E-state index in [4.69, 9.17) is 0 Å². The topological polar surface area (TPSA) is 6.48 Å². The molecule has 0 heterocycles. The van der Waals surface area contributed by atoms with E-state index in [1.54, 1.807) is 0 Å². The van der Waals surface area contributed by atoms with Crippen molar-refractivity contribution >= 4 is 75.7 Å². The fraction of sp³-hybridized carbons (Fsp3) is 0.111. The Balaban J connectivity index is 1.11. The smallest absolute Gasteiger partial charge is 0.0731 e. The molecule has 0 radical (unpaired) electrons. The fourth-order valence-electron chi connectivity index (χ4n) is 11.3. The van der Waals surface area contributed by atoms with E-state index in [1.165, 1.54) is 87.2 Å². The fourth-order valence-corrected chi connectivity index (χ4v) is 13.8. The molecule has 1 spiro atoms. The van der Waals surface area contributed by atoms with Gasteiger partial charge in [-0.25, -0.2) is 20.1 Å². The number of hydrogen-bond donors (Lipinski definition) is 0. The van der Waals surface area contributed by atoms with Crippen LogP contribution in [0.2, 0.25) is 0 Å². The molecule has 0 atom stereocenters. The molecule has 2 aliphatic carbocycles. The quantitative estimate of drug-likeness (QED) is 0.150. The lowest BCUT2D eigenvalue weighted by Gasteiger charge is -2.35. The third-order valence-electron chi connectivity index (χ3n) is 14.1. The van der Waals surface area contributed by atoms with Gasteiger partial charge < -0.3 is 9.80 Å². The average molecular weight is 903 g/mol. The van der Waals surface area contributed by atoms with Gasteiger partial charge in [-0.2, -0.15) is 0 Å². The van der Waals surface area contributed by atoms with E-state index >= 15 is 0 Å². The van der Waals surface area contributed by atoms with E-state index < -0.39 is 25.5 Å². The van der Waals surface area contributed by atoms with Crippen molar-refractivity contribution in [2.45, 2.75) is 15.2 Å². The zero-order valence-corrected chi connectivity index (χ0v) is 40.6. The predicted octanol–water partition coefficient (Wildman–Crippen LogP) is 17.4. The van der Waals surface area contributed by atoms with Crippen LogP contribution in [0.5, 0.6) is 0 Å². The van der Waals surface area contributed by atoms with Gasteiger partial charge in [-0.05, 0) is 189 Å². The molecule has 2 nitrogen and oxygen atoms in total. The minimum atomic E-state index is -1.05. The number of fused-ring (bicyclic) bond motifs is 13. The summed E-state index contributed by atoms with van der Waals surface area (Å²) >= 11 is 0. The van der Waals surface area contributed by atoms with Gasteiger partial charge >= 0.3 is 0 Å². The van der Waals surface area contributed by atoms with Gasteiger partial charge in [0.1, 0.15) is 0 Å². The van der Waals surface area contributed by atoms with Gasteiger partial charge in [0.25, 0.3) is 0 Å². The molecule has 0 unspecified atom stereocenters. The standard InChI is InChI=1S/C63H54N2S2/c1-66(2,3)60-31-19-17-29-58(60)64(46-21-9-7-10-22-46)48-35-33-43-41-54-53-37-34-44-39-49(65(47-23-11-8-12-24-47)59-30-18-20-32-61(59)67(4,5)6)36-38-50(44)62(53)63(57(54)42-45(43)40-48)55-27-15-13-25-51(55)52-26-14-16-28-56(52)63/h7-42H,1-6H3. The number of anilines is 6. The van der Waals surface area contributed by atoms with Crippen molar-refractivity contribution in [1.29, 1.82) is 0 Å². The van der Waals surface area contributed by atoms with Gasteiger partial charge in [-0.1, -0.05) is 133 Å². The first kappa shape index (κ1) is 41.5. The van der Waals surface area contributed by atoms with Crippen LogP contribution in [0.4, 0.5) is 34.1 Å². The van der Waals surface area contributed by atoms with Crippen molar-refractivity contribution < 1.29 is 0 Å². The first-order chi connectivity index (χ1) is 32.5. The summed E-state index contributed by atoms with van der Waals surface area (Å²) in [7, 11) is -2.11. The van der Waals surface area contributed by atoms with Crippen LogP contribution < -0.4 is 9.80 Å².